The van der Waals surface area contributed by atoms with Crippen molar-refractivity contribution in [1.82, 2.24) is 10.2 Å². The van der Waals surface area contributed by atoms with Crippen molar-refractivity contribution in [3.8, 4) is 0 Å². The Hall–Kier alpha value is 0.880. The number of halogens is 3. The topological polar surface area (TPSA) is 97.9 Å². The number of unbranched alkanes of at least 4 members (excludes halogenated alkanes) is 4. The van der Waals surface area contributed by atoms with E-state index in [0.717, 1.165) is 49.5 Å². The molecule has 0 heterocycles. The summed E-state index contributed by atoms with van der Waals surface area (Å²) in [6, 6.07) is 1.74. The molecule has 2 N–H and O–H groups in total. The molecule has 220 valence electrons. The number of hydrogen-bond donors (Lipinski definition) is 1. The number of hydrogen-bond acceptors (Lipinski definition) is 7. The summed E-state index contributed by atoms with van der Waals surface area (Å²) in [5.74, 6) is -0.116. The predicted octanol–water partition coefficient (Wildman–Crippen LogP) is 3.96. The first-order chi connectivity index (χ1) is 16.4. The Morgan fingerprint density at radius 2 is 1.32 bits per heavy atom. The molecule has 0 unspecified atom stereocenters. The van der Waals surface area contributed by atoms with Crippen molar-refractivity contribution in [3.05, 3.63) is 0 Å². The summed E-state index contributed by atoms with van der Waals surface area (Å²) < 4.78 is 9.64. The summed E-state index contributed by atoms with van der Waals surface area (Å²) in [5, 5.41) is 4.36. The Morgan fingerprint density at radius 1 is 0.892 bits per heavy atom. The second-order valence-electron chi connectivity index (χ2n) is 8.30. The van der Waals surface area contributed by atoms with Gasteiger partial charge in [-0.3, -0.25) is 9.59 Å². The van der Waals surface area contributed by atoms with Gasteiger partial charge in [0.05, 0.1) is 18.6 Å². The van der Waals surface area contributed by atoms with E-state index in [4.69, 9.17) is 32.7 Å². The fraction of sp³-hybridized carbons (Fsp3) is 0.923. The van der Waals surface area contributed by atoms with Gasteiger partial charge in [0.25, 0.3) is 0 Å². The maximum atomic E-state index is 11.0. The minimum atomic E-state index is -0.0675. The summed E-state index contributed by atoms with van der Waals surface area (Å²) in [5.41, 5.74) is 0. The van der Waals surface area contributed by atoms with Gasteiger partial charge in [-0.05, 0) is 85.9 Å². The molecule has 0 amide bonds. The zero-order valence-corrected chi connectivity index (χ0v) is 28.4. The number of carbonyl (C=O) groups excluding carboxylic acids is 2. The van der Waals surface area contributed by atoms with Gasteiger partial charge >= 0.3 is 41.5 Å². The third-order valence-electron chi connectivity index (χ3n) is 5.17. The summed E-state index contributed by atoms with van der Waals surface area (Å²) >= 11 is 12.9. The van der Waals surface area contributed by atoms with Crippen LogP contribution in [0.4, 0.5) is 0 Å². The van der Waals surface area contributed by atoms with Crippen molar-refractivity contribution in [2.24, 2.45) is 0 Å². The van der Waals surface area contributed by atoms with Crippen LogP contribution in [0.1, 0.15) is 98.3 Å². The van der Waals surface area contributed by atoms with E-state index in [2.05, 4.69) is 33.2 Å². The molecule has 2 aliphatic rings. The molecule has 0 bridgehead atoms. The number of alkyl halides is 3. The van der Waals surface area contributed by atoms with Gasteiger partial charge in [0.2, 0.25) is 0 Å². The van der Waals surface area contributed by atoms with E-state index in [9.17, 15) is 9.59 Å². The maximum Gasteiger partial charge on any atom is 1.00 e. The molecule has 2 saturated carbocycles. The van der Waals surface area contributed by atoms with Crippen molar-refractivity contribution < 1.29 is 54.1 Å². The van der Waals surface area contributed by atoms with Crippen molar-refractivity contribution in [3.63, 3.8) is 0 Å². The molecule has 2 aliphatic carbocycles. The third-order valence-corrected chi connectivity index (χ3v) is 5.73. The molecule has 11 heteroatoms. The molecule has 0 saturated heterocycles. The van der Waals surface area contributed by atoms with E-state index < -0.39 is 0 Å². The van der Waals surface area contributed by atoms with E-state index >= 15 is 0 Å². The molecule has 0 aromatic rings. The second-order valence-corrected chi connectivity index (χ2v) is 9.90. The molecule has 0 aliphatic heterocycles. The van der Waals surface area contributed by atoms with E-state index in [1.807, 2.05) is 20.9 Å². The molecule has 0 atom stereocenters. The maximum absolute atomic E-state index is 11.0. The van der Waals surface area contributed by atoms with Crippen molar-refractivity contribution in [2.45, 2.75) is 110 Å². The van der Waals surface area contributed by atoms with Gasteiger partial charge in [-0.15, -0.1) is 23.2 Å². The zero-order chi connectivity index (χ0) is 26.0. The van der Waals surface area contributed by atoms with E-state index in [0.29, 0.717) is 26.1 Å². The van der Waals surface area contributed by atoms with Crippen LogP contribution in [0.15, 0.2) is 0 Å². The first-order valence-electron chi connectivity index (χ1n) is 12.8. The number of rotatable bonds is 15. The van der Waals surface area contributed by atoms with Gasteiger partial charge in [-0.2, -0.15) is 0 Å². The number of nitrogens with one attached hydrogen (secondary N) is 1. The molecule has 0 aromatic carbocycles. The van der Waals surface area contributed by atoms with E-state index in [1.165, 1.54) is 38.6 Å². The molecule has 0 radical (unpaired) electrons. The summed E-state index contributed by atoms with van der Waals surface area (Å²) in [6.07, 6.45) is 13.2. The number of nitrogens with zero attached hydrogens (tertiary/aromatic N) is 1. The van der Waals surface area contributed by atoms with Crippen LogP contribution in [0, 0.1) is 0 Å². The minimum absolute atomic E-state index is 0. The average molecular weight is 649 g/mol. The van der Waals surface area contributed by atoms with Gasteiger partial charge in [0, 0.05) is 30.3 Å². The molecule has 0 spiro atoms. The van der Waals surface area contributed by atoms with E-state index in [1.54, 1.807) is 0 Å². The van der Waals surface area contributed by atoms with Crippen LogP contribution in [0.2, 0.25) is 0 Å². The monoisotopic (exact) mass is 646 g/mol. The Kier molecular flexibility index (Phi) is 47.5. The summed E-state index contributed by atoms with van der Waals surface area (Å²) in [4.78, 5) is 24.2. The van der Waals surface area contributed by atoms with Crippen LogP contribution in [0.3, 0.4) is 0 Å². The van der Waals surface area contributed by atoms with Crippen LogP contribution < -0.4 is 34.9 Å². The SMILES string of the molecule is C.CCOC(=O)CCCCCBr.CCOC(=O)CCCCCN(C)C1CC1.CNC1CC1.ClCCl.[Na+].[OH-]. The van der Waals surface area contributed by atoms with Crippen molar-refractivity contribution in [2.75, 3.05) is 44.5 Å². The molecule has 7 nitrogen and oxygen atoms in total. The van der Waals surface area contributed by atoms with Crippen LogP contribution in [0.5, 0.6) is 0 Å². The molecular weight excluding hydrogens is 594 g/mol. The molecular formula is C26H54BrCl2N2NaO5. The van der Waals surface area contributed by atoms with Gasteiger partial charge < -0.3 is 25.2 Å². The second kappa shape index (κ2) is 36.9. The summed E-state index contributed by atoms with van der Waals surface area (Å²) in [7, 11) is 4.21. The molecule has 2 rings (SSSR count). The van der Waals surface area contributed by atoms with Crippen molar-refractivity contribution in [1.29, 1.82) is 0 Å². The fourth-order valence-corrected chi connectivity index (χ4v) is 3.28. The molecule has 37 heavy (non-hydrogen) atoms. The number of esters is 2. The van der Waals surface area contributed by atoms with Crippen LogP contribution in [-0.2, 0) is 19.1 Å². The van der Waals surface area contributed by atoms with Crippen LogP contribution in [-0.4, -0.2) is 78.9 Å². The van der Waals surface area contributed by atoms with Gasteiger partial charge in [0.15, 0.2) is 0 Å². The molecule has 2 fully saturated rings. The van der Waals surface area contributed by atoms with Gasteiger partial charge in [-0.1, -0.05) is 36.2 Å². The standard InChI is InChI=1S/C12H23NO2.C8H15BrO2.C4H9N.CH2Cl2.CH4.Na.H2O/c1-3-15-12(14)7-5-4-6-10-13(2)11-8-9-11;1-2-11-8(10)6-4-3-5-7-9;1-5-4-2-3-4;2-1-3;;;/h11H,3-10H2,1-2H3;2-7H2,1H3;4-5H,2-3H2,1H3;1H2;1H4;;1H2/q;;;;;+1;/p-1. The Bertz CT molecular complexity index is 478. The Balaban J connectivity index is -0.000000137. The Morgan fingerprint density at radius 3 is 1.62 bits per heavy atom. The Labute approximate surface area is 268 Å². The molecule has 0 aromatic heterocycles. The smallest absolute Gasteiger partial charge is 0.870 e. The van der Waals surface area contributed by atoms with E-state index in [-0.39, 0.29) is 59.7 Å². The third kappa shape index (κ3) is 41.5. The first kappa shape index (κ1) is 47.7. The number of carbonyl (C=O) groups is 2. The van der Waals surface area contributed by atoms with Crippen LogP contribution in [0.25, 0.3) is 0 Å². The van der Waals surface area contributed by atoms with Gasteiger partial charge in [0.1, 0.15) is 0 Å². The normalized spacial score (nSPS) is 12.9. The van der Waals surface area contributed by atoms with Crippen LogP contribution >= 0.6 is 39.1 Å². The van der Waals surface area contributed by atoms with Gasteiger partial charge in [-0.25, -0.2) is 0 Å². The van der Waals surface area contributed by atoms with Crippen molar-refractivity contribution >= 4 is 51.1 Å². The fourth-order valence-electron chi connectivity index (χ4n) is 2.88. The predicted molar refractivity (Wildman–Crippen MR) is 157 cm³/mol. The number of ether oxygens (including phenoxy) is 2. The summed E-state index contributed by atoms with van der Waals surface area (Å²) in [6.45, 7) is 5.85. The zero-order valence-electron chi connectivity index (χ0n) is 23.3. The first-order valence-corrected chi connectivity index (χ1v) is 15.0. The quantitative estimate of drug-likeness (QED) is 0.124. The average Bonchev–Trinajstić information content (AvgIpc) is 3.72. The largest absolute Gasteiger partial charge is 1.00 e. The minimum Gasteiger partial charge on any atom is -0.870 e.